The smallest absolute Gasteiger partial charge is 0.329 e. The topological polar surface area (TPSA) is 79.8 Å². The number of hydrogen-bond acceptors (Lipinski definition) is 4. The van der Waals surface area contributed by atoms with Crippen molar-refractivity contribution in [2.75, 3.05) is 5.32 Å². The van der Waals surface area contributed by atoms with E-state index >= 15 is 0 Å². The predicted octanol–water partition coefficient (Wildman–Crippen LogP) is 5.22. The average molecular weight is 519 g/mol. The maximum Gasteiger partial charge on any atom is 0.329 e. The Morgan fingerprint density at radius 1 is 1.12 bits per heavy atom. The number of carbonyl (C=O) groups excluding carboxylic acids is 2. The predicted molar refractivity (Wildman–Crippen MR) is 125 cm³/mol. The maximum absolute atomic E-state index is 13.8. The Labute approximate surface area is 197 Å². The first-order valence-electron chi connectivity index (χ1n) is 9.40. The van der Waals surface area contributed by atoms with E-state index in [1.54, 1.807) is 42.5 Å². The molecule has 9 heteroatoms. The molecule has 0 aliphatic heterocycles. The number of aryl methyl sites for hydroxylation is 1. The Balaban J connectivity index is 1.51. The van der Waals surface area contributed by atoms with Gasteiger partial charge in [-0.3, -0.25) is 9.59 Å². The number of halogens is 3. The molecule has 2 N–H and O–H groups in total. The molecular weight excluding hydrogens is 501 g/mol. The van der Waals surface area contributed by atoms with Crippen LogP contribution in [-0.4, -0.2) is 18.0 Å². The van der Waals surface area contributed by atoms with Crippen molar-refractivity contribution in [3.8, 4) is 5.75 Å². The molecular formula is C23H18BrClFN3O3. The lowest BCUT2D eigenvalue weighted by molar-refractivity contribution is -0.136. The summed E-state index contributed by atoms with van der Waals surface area (Å²) in [6, 6.07) is 16.4. The second-order valence-electron chi connectivity index (χ2n) is 6.67. The van der Waals surface area contributed by atoms with Gasteiger partial charge < -0.3 is 10.1 Å². The molecule has 2 amide bonds. The molecule has 0 heterocycles. The molecule has 6 nitrogen and oxygen atoms in total. The zero-order valence-electron chi connectivity index (χ0n) is 16.9. The van der Waals surface area contributed by atoms with Crippen LogP contribution in [0.15, 0.2) is 70.2 Å². The summed E-state index contributed by atoms with van der Waals surface area (Å²) in [4.78, 5) is 23.9. The van der Waals surface area contributed by atoms with Gasteiger partial charge in [0.1, 0.15) is 18.2 Å². The van der Waals surface area contributed by atoms with E-state index in [4.69, 9.17) is 16.3 Å². The molecule has 0 spiro atoms. The van der Waals surface area contributed by atoms with Gasteiger partial charge in [0.05, 0.1) is 11.2 Å². The minimum absolute atomic E-state index is 0.0120. The highest BCUT2D eigenvalue weighted by Crippen LogP contribution is 2.22. The Morgan fingerprint density at radius 2 is 1.88 bits per heavy atom. The van der Waals surface area contributed by atoms with Crippen molar-refractivity contribution in [1.29, 1.82) is 0 Å². The second-order valence-corrected chi connectivity index (χ2v) is 7.99. The number of rotatable bonds is 6. The third kappa shape index (κ3) is 6.38. The first-order chi connectivity index (χ1) is 15.3. The van der Waals surface area contributed by atoms with Crippen LogP contribution in [0.3, 0.4) is 0 Å². The molecule has 3 aromatic rings. The van der Waals surface area contributed by atoms with Crippen LogP contribution in [0, 0.1) is 12.7 Å². The summed E-state index contributed by atoms with van der Waals surface area (Å²) in [7, 11) is 0. The van der Waals surface area contributed by atoms with E-state index in [9.17, 15) is 14.0 Å². The third-order valence-corrected chi connectivity index (χ3v) is 5.19. The van der Waals surface area contributed by atoms with Gasteiger partial charge in [0.2, 0.25) is 0 Å². The molecule has 0 radical (unpaired) electrons. The highest BCUT2D eigenvalue weighted by Gasteiger charge is 2.14. The minimum Gasteiger partial charge on any atom is -0.489 e. The maximum atomic E-state index is 13.8. The number of hydrogen-bond donors (Lipinski definition) is 2. The summed E-state index contributed by atoms with van der Waals surface area (Å²) >= 11 is 9.32. The summed E-state index contributed by atoms with van der Waals surface area (Å²) in [5, 5.41) is 6.61. The van der Waals surface area contributed by atoms with Gasteiger partial charge in [-0.1, -0.05) is 33.6 Å². The monoisotopic (exact) mass is 517 g/mol. The van der Waals surface area contributed by atoms with Gasteiger partial charge in [0.15, 0.2) is 0 Å². The number of ether oxygens (including phenoxy) is 1. The Kier molecular flexibility index (Phi) is 7.97. The first kappa shape index (κ1) is 23.4. The summed E-state index contributed by atoms with van der Waals surface area (Å²) in [5.74, 6) is -1.65. The van der Waals surface area contributed by atoms with Gasteiger partial charge >= 0.3 is 11.8 Å². The fourth-order valence-corrected chi connectivity index (χ4v) is 3.33. The van der Waals surface area contributed by atoms with Crippen molar-refractivity contribution in [2.45, 2.75) is 13.5 Å². The third-order valence-electron chi connectivity index (χ3n) is 4.35. The number of benzene rings is 3. The van der Waals surface area contributed by atoms with Gasteiger partial charge in [-0.25, -0.2) is 9.82 Å². The van der Waals surface area contributed by atoms with Crippen LogP contribution < -0.4 is 15.5 Å². The quantitative estimate of drug-likeness (QED) is 0.267. The second kappa shape index (κ2) is 10.9. The lowest BCUT2D eigenvalue weighted by Crippen LogP contribution is -2.32. The van der Waals surface area contributed by atoms with E-state index in [0.717, 1.165) is 10.0 Å². The number of hydrazone groups is 1. The lowest BCUT2D eigenvalue weighted by Gasteiger charge is -2.09. The van der Waals surface area contributed by atoms with Gasteiger partial charge in [0.25, 0.3) is 0 Å². The number of anilines is 1. The fourth-order valence-electron chi connectivity index (χ4n) is 2.64. The van der Waals surface area contributed by atoms with Gasteiger partial charge in [-0.15, -0.1) is 0 Å². The summed E-state index contributed by atoms with van der Waals surface area (Å²) in [5.41, 5.74) is 4.45. The molecule has 32 heavy (non-hydrogen) atoms. The van der Waals surface area contributed by atoms with Crippen molar-refractivity contribution in [3.05, 3.63) is 92.7 Å². The molecule has 0 aliphatic carbocycles. The SMILES string of the molecule is Cc1cc(Br)ccc1NC(=O)C(=O)NN=Cc1ccc(OCc2c(F)cccc2Cl)cc1. The van der Waals surface area contributed by atoms with Crippen LogP contribution in [0.1, 0.15) is 16.7 Å². The average Bonchev–Trinajstić information content (AvgIpc) is 2.76. The first-order valence-corrected chi connectivity index (χ1v) is 10.6. The molecule has 3 rings (SSSR count). The van der Waals surface area contributed by atoms with E-state index in [1.807, 2.05) is 13.0 Å². The summed E-state index contributed by atoms with van der Waals surface area (Å²) in [6.45, 7) is 1.80. The van der Waals surface area contributed by atoms with Crippen LogP contribution in [-0.2, 0) is 16.2 Å². The number of amides is 2. The zero-order chi connectivity index (χ0) is 23.1. The van der Waals surface area contributed by atoms with Crippen molar-refractivity contribution < 1.29 is 18.7 Å². The molecule has 0 saturated heterocycles. The van der Waals surface area contributed by atoms with E-state index in [-0.39, 0.29) is 12.2 Å². The molecule has 0 bridgehead atoms. The van der Waals surface area contributed by atoms with Crippen LogP contribution in [0.25, 0.3) is 0 Å². The molecule has 0 fully saturated rings. The van der Waals surface area contributed by atoms with Crippen LogP contribution in [0.5, 0.6) is 5.75 Å². The van der Waals surface area contributed by atoms with Crippen molar-refractivity contribution in [3.63, 3.8) is 0 Å². The van der Waals surface area contributed by atoms with Gasteiger partial charge in [-0.2, -0.15) is 5.10 Å². The van der Waals surface area contributed by atoms with Crippen molar-refractivity contribution in [2.24, 2.45) is 5.10 Å². The summed E-state index contributed by atoms with van der Waals surface area (Å²) in [6.07, 6.45) is 1.38. The molecule has 0 aromatic heterocycles. The van der Waals surface area contributed by atoms with Crippen LogP contribution in [0.2, 0.25) is 5.02 Å². The molecule has 0 aliphatic rings. The molecule has 0 atom stereocenters. The Morgan fingerprint density at radius 3 is 2.56 bits per heavy atom. The molecule has 164 valence electrons. The fraction of sp³-hybridized carbons (Fsp3) is 0.0870. The Bertz CT molecular complexity index is 1150. The number of carbonyl (C=O) groups is 2. The standard InChI is InChI=1S/C23H18BrClFN3O3/c1-14-11-16(24)7-10-21(14)28-22(30)23(31)29-27-12-15-5-8-17(9-6-15)32-13-18-19(25)3-2-4-20(18)26/h2-12H,13H2,1H3,(H,28,30)(H,29,31). The normalized spacial score (nSPS) is 10.8. The largest absolute Gasteiger partial charge is 0.489 e. The van der Waals surface area contributed by atoms with Crippen LogP contribution >= 0.6 is 27.5 Å². The lowest BCUT2D eigenvalue weighted by atomic mass is 10.2. The van der Waals surface area contributed by atoms with E-state index in [1.165, 1.54) is 18.3 Å². The van der Waals surface area contributed by atoms with E-state index in [0.29, 0.717) is 22.0 Å². The highest BCUT2D eigenvalue weighted by molar-refractivity contribution is 9.10. The van der Waals surface area contributed by atoms with Gasteiger partial charge in [0, 0.05) is 15.7 Å². The number of nitrogens with zero attached hydrogens (tertiary/aromatic N) is 1. The highest BCUT2D eigenvalue weighted by atomic mass is 79.9. The molecule has 3 aromatic carbocycles. The van der Waals surface area contributed by atoms with Crippen molar-refractivity contribution >= 4 is 51.2 Å². The molecule has 0 saturated carbocycles. The van der Waals surface area contributed by atoms with Crippen molar-refractivity contribution in [1.82, 2.24) is 5.43 Å². The zero-order valence-corrected chi connectivity index (χ0v) is 19.2. The Hall–Kier alpha value is -3.23. The van der Waals surface area contributed by atoms with E-state index < -0.39 is 17.6 Å². The van der Waals surface area contributed by atoms with Crippen LogP contribution in [0.4, 0.5) is 10.1 Å². The number of nitrogens with one attached hydrogen (secondary N) is 2. The summed E-state index contributed by atoms with van der Waals surface area (Å²) < 4.78 is 20.2. The molecule has 0 unspecified atom stereocenters. The minimum atomic E-state index is -0.898. The van der Waals surface area contributed by atoms with Gasteiger partial charge in [-0.05, 0) is 72.6 Å². The van der Waals surface area contributed by atoms with E-state index in [2.05, 4.69) is 31.8 Å².